The monoisotopic (exact) mass is 378 g/mol. The summed E-state index contributed by atoms with van der Waals surface area (Å²) in [6.45, 7) is 1.06. The van der Waals surface area contributed by atoms with Crippen LogP contribution in [0.5, 0.6) is 17.2 Å². The van der Waals surface area contributed by atoms with E-state index in [-0.39, 0.29) is 17.2 Å². The van der Waals surface area contributed by atoms with Gasteiger partial charge < -0.3 is 19.5 Å². The van der Waals surface area contributed by atoms with Gasteiger partial charge in [-0.3, -0.25) is 9.78 Å². The molecule has 1 N–H and O–H groups in total. The second-order valence-electron chi connectivity index (χ2n) is 6.84. The number of phenols is 1. The third-order valence-corrected chi connectivity index (χ3v) is 5.21. The third-order valence-electron chi connectivity index (χ3n) is 5.21. The van der Waals surface area contributed by atoms with Gasteiger partial charge in [-0.25, -0.2) is 0 Å². The number of fused-ring (bicyclic) bond motifs is 2. The van der Waals surface area contributed by atoms with Gasteiger partial charge >= 0.3 is 0 Å². The second-order valence-corrected chi connectivity index (χ2v) is 6.84. The van der Waals surface area contributed by atoms with Gasteiger partial charge in [-0.05, 0) is 48.2 Å². The van der Waals surface area contributed by atoms with Crippen LogP contribution in [0.15, 0.2) is 42.6 Å². The van der Waals surface area contributed by atoms with Gasteiger partial charge in [0.15, 0.2) is 17.2 Å². The Labute approximate surface area is 163 Å². The van der Waals surface area contributed by atoms with E-state index in [1.165, 1.54) is 0 Å². The Balaban J connectivity index is 1.69. The fourth-order valence-electron chi connectivity index (χ4n) is 3.73. The molecule has 0 bridgehead atoms. The topological polar surface area (TPSA) is 71.9 Å². The summed E-state index contributed by atoms with van der Waals surface area (Å²) in [5.41, 5.74) is 2.89. The number of hydrogen-bond donors (Lipinski definition) is 1. The number of methoxy groups -OCH3 is 2. The van der Waals surface area contributed by atoms with Crippen molar-refractivity contribution in [3.8, 4) is 17.2 Å². The van der Waals surface area contributed by atoms with Crippen molar-refractivity contribution in [2.45, 2.75) is 19.4 Å². The Morgan fingerprint density at radius 3 is 2.61 bits per heavy atom. The van der Waals surface area contributed by atoms with Crippen molar-refractivity contribution in [1.29, 1.82) is 0 Å². The molecule has 0 radical (unpaired) electrons. The van der Waals surface area contributed by atoms with Crippen LogP contribution in [-0.2, 0) is 13.0 Å². The fourth-order valence-corrected chi connectivity index (χ4v) is 3.73. The number of rotatable bonds is 3. The average Bonchev–Trinajstić information content (AvgIpc) is 2.94. The van der Waals surface area contributed by atoms with Crippen molar-refractivity contribution in [3.63, 3.8) is 0 Å². The molecule has 0 spiro atoms. The van der Waals surface area contributed by atoms with Gasteiger partial charge in [-0.1, -0.05) is 12.1 Å². The van der Waals surface area contributed by atoms with Crippen molar-refractivity contribution in [1.82, 2.24) is 9.88 Å². The van der Waals surface area contributed by atoms with Crippen LogP contribution in [0.1, 0.15) is 27.9 Å². The van der Waals surface area contributed by atoms with E-state index in [2.05, 4.69) is 4.98 Å². The standard InChI is InChI=1S/C22H22N2O4/c1-27-18-11-15-6-4-10-24(13-16(15)12-19(18)28-2)22(26)17-8-7-14-5-3-9-23-20(14)21(17)25/h3,5,7-9,11-12,25H,4,6,10,13H2,1-2H3. The van der Waals surface area contributed by atoms with E-state index in [1.807, 2.05) is 24.3 Å². The summed E-state index contributed by atoms with van der Waals surface area (Å²) < 4.78 is 10.8. The summed E-state index contributed by atoms with van der Waals surface area (Å²) >= 11 is 0. The lowest BCUT2D eigenvalue weighted by atomic mass is 10.0. The summed E-state index contributed by atoms with van der Waals surface area (Å²) in [6, 6.07) is 11.1. The van der Waals surface area contributed by atoms with E-state index < -0.39 is 0 Å². The molecule has 6 heteroatoms. The van der Waals surface area contributed by atoms with Gasteiger partial charge in [0, 0.05) is 24.7 Å². The molecule has 3 aromatic rings. The SMILES string of the molecule is COc1cc2c(cc1OC)CN(C(=O)c1ccc3cccnc3c1O)CCC2. The molecule has 0 unspecified atom stereocenters. The number of hydrogen-bond acceptors (Lipinski definition) is 5. The van der Waals surface area contributed by atoms with Gasteiger partial charge in [-0.15, -0.1) is 0 Å². The number of carbonyl (C=O) groups is 1. The molecular weight excluding hydrogens is 356 g/mol. The van der Waals surface area contributed by atoms with Crippen molar-refractivity contribution in [2.75, 3.05) is 20.8 Å². The summed E-state index contributed by atoms with van der Waals surface area (Å²) in [6.07, 6.45) is 3.30. The maximum Gasteiger partial charge on any atom is 0.257 e. The summed E-state index contributed by atoms with van der Waals surface area (Å²) in [5, 5.41) is 11.4. The van der Waals surface area contributed by atoms with Crippen LogP contribution in [0.25, 0.3) is 10.9 Å². The first kappa shape index (κ1) is 18.1. The molecule has 4 rings (SSSR count). The van der Waals surface area contributed by atoms with E-state index in [1.54, 1.807) is 37.4 Å². The number of benzene rings is 2. The quantitative estimate of drug-likeness (QED) is 0.755. The van der Waals surface area contributed by atoms with Gasteiger partial charge in [0.1, 0.15) is 5.52 Å². The molecule has 0 atom stereocenters. The molecule has 1 aliphatic heterocycles. The molecule has 144 valence electrons. The van der Waals surface area contributed by atoms with E-state index in [9.17, 15) is 9.90 Å². The highest BCUT2D eigenvalue weighted by molar-refractivity contribution is 6.02. The minimum Gasteiger partial charge on any atom is -0.505 e. The highest BCUT2D eigenvalue weighted by atomic mass is 16.5. The largest absolute Gasteiger partial charge is 0.505 e. The number of carbonyl (C=O) groups excluding carboxylic acids is 1. The molecular formula is C22H22N2O4. The zero-order chi connectivity index (χ0) is 19.7. The molecule has 6 nitrogen and oxygen atoms in total. The maximum atomic E-state index is 13.2. The van der Waals surface area contributed by atoms with Crippen LogP contribution >= 0.6 is 0 Å². The summed E-state index contributed by atoms with van der Waals surface area (Å²) in [7, 11) is 3.22. The van der Waals surface area contributed by atoms with E-state index >= 15 is 0 Å². The van der Waals surface area contributed by atoms with E-state index in [0.29, 0.717) is 30.1 Å². The number of aromatic nitrogens is 1. The number of ether oxygens (including phenoxy) is 2. The molecule has 2 aromatic carbocycles. The molecule has 0 fully saturated rings. The van der Waals surface area contributed by atoms with Crippen LogP contribution < -0.4 is 9.47 Å². The van der Waals surface area contributed by atoms with Gasteiger partial charge in [0.2, 0.25) is 0 Å². The highest BCUT2D eigenvalue weighted by Crippen LogP contribution is 2.34. The number of nitrogens with zero attached hydrogens (tertiary/aromatic N) is 2. The zero-order valence-corrected chi connectivity index (χ0v) is 15.9. The lowest BCUT2D eigenvalue weighted by Crippen LogP contribution is -2.30. The summed E-state index contributed by atoms with van der Waals surface area (Å²) in [4.78, 5) is 19.2. The molecule has 28 heavy (non-hydrogen) atoms. The average molecular weight is 378 g/mol. The van der Waals surface area contributed by atoms with Gasteiger partial charge in [0.05, 0.1) is 19.8 Å². The number of aromatic hydroxyl groups is 1. The lowest BCUT2D eigenvalue weighted by Gasteiger charge is -2.22. The number of pyridine rings is 1. The molecule has 2 heterocycles. The van der Waals surface area contributed by atoms with Crippen LogP contribution in [0.3, 0.4) is 0 Å². The van der Waals surface area contributed by atoms with E-state index in [4.69, 9.17) is 9.47 Å². The van der Waals surface area contributed by atoms with Gasteiger partial charge in [-0.2, -0.15) is 0 Å². The van der Waals surface area contributed by atoms with E-state index in [0.717, 1.165) is 29.4 Å². The zero-order valence-electron chi connectivity index (χ0n) is 15.9. The predicted octanol–water partition coefficient (Wildman–Crippen LogP) is 3.55. The number of aryl methyl sites for hydroxylation is 1. The first-order chi connectivity index (χ1) is 13.6. The molecule has 1 aliphatic rings. The second kappa shape index (κ2) is 7.38. The van der Waals surface area contributed by atoms with Crippen LogP contribution in [0.2, 0.25) is 0 Å². The Morgan fingerprint density at radius 2 is 1.86 bits per heavy atom. The van der Waals surface area contributed by atoms with Crippen LogP contribution in [-0.4, -0.2) is 41.7 Å². The van der Waals surface area contributed by atoms with Crippen molar-refractivity contribution < 1.29 is 19.4 Å². The van der Waals surface area contributed by atoms with Gasteiger partial charge in [0.25, 0.3) is 5.91 Å². The van der Waals surface area contributed by atoms with Crippen molar-refractivity contribution in [3.05, 3.63) is 59.3 Å². The molecule has 1 aromatic heterocycles. The Morgan fingerprint density at radius 1 is 1.11 bits per heavy atom. The number of phenolic OH excluding ortho intramolecular Hbond substituents is 1. The molecule has 1 amide bonds. The van der Waals surface area contributed by atoms with Crippen LogP contribution in [0.4, 0.5) is 0 Å². The molecule has 0 saturated carbocycles. The van der Waals surface area contributed by atoms with Crippen molar-refractivity contribution in [2.24, 2.45) is 0 Å². The molecule has 0 aliphatic carbocycles. The van der Waals surface area contributed by atoms with Crippen molar-refractivity contribution >= 4 is 16.8 Å². The predicted molar refractivity (Wildman–Crippen MR) is 106 cm³/mol. The lowest BCUT2D eigenvalue weighted by molar-refractivity contribution is 0.0743. The fraction of sp³-hybridized carbons (Fsp3) is 0.273. The highest BCUT2D eigenvalue weighted by Gasteiger charge is 2.24. The maximum absolute atomic E-state index is 13.2. The normalized spacial score (nSPS) is 13.7. The Hall–Kier alpha value is -3.28. The van der Waals surface area contributed by atoms with Crippen LogP contribution in [0, 0.1) is 0 Å². The minimum atomic E-state index is -0.201. The Bertz CT molecular complexity index is 1050. The third kappa shape index (κ3) is 3.11. The summed E-state index contributed by atoms with van der Waals surface area (Å²) in [5.74, 6) is 1.07. The first-order valence-corrected chi connectivity index (χ1v) is 9.22. The minimum absolute atomic E-state index is 0.0696. The molecule has 0 saturated heterocycles. The smallest absolute Gasteiger partial charge is 0.257 e. The number of amides is 1. The first-order valence-electron chi connectivity index (χ1n) is 9.22. The Kier molecular flexibility index (Phi) is 4.77.